The van der Waals surface area contributed by atoms with Crippen LogP contribution in [0.1, 0.15) is 25.3 Å². The van der Waals surface area contributed by atoms with E-state index < -0.39 is 18.2 Å². The first-order chi connectivity index (χ1) is 14.3. The summed E-state index contributed by atoms with van der Waals surface area (Å²) < 4.78 is 11.7. The molecule has 0 unspecified atom stereocenters. The highest BCUT2D eigenvalue weighted by molar-refractivity contribution is 9.10. The zero-order chi connectivity index (χ0) is 22.1. The molecule has 0 heterocycles. The summed E-state index contributed by atoms with van der Waals surface area (Å²) in [6.07, 6.45) is 1.89. The molecule has 0 saturated carbocycles. The fourth-order valence-corrected chi connectivity index (χ4v) is 3.17. The maximum atomic E-state index is 12.0. The molecule has 2 rings (SSSR count). The summed E-state index contributed by atoms with van der Waals surface area (Å²) in [5, 5.41) is 7.11. The number of ether oxygens (including phenoxy) is 2. The van der Waals surface area contributed by atoms with Gasteiger partial charge in [-0.05, 0) is 58.2 Å². The van der Waals surface area contributed by atoms with Gasteiger partial charge >= 0.3 is 0 Å². The molecule has 7 nitrogen and oxygen atoms in total. The molecule has 0 aliphatic rings. The monoisotopic (exact) mass is 515 g/mol. The third kappa shape index (κ3) is 7.19. The van der Waals surface area contributed by atoms with Crippen LogP contribution in [0.5, 0.6) is 11.5 Å². The van der Waals surface area contributed by atoms with E-state index in [0.717, 1.165) is 6.42 Å². The molecule has 10 heteroatoms. The summed E-state index contributed by atoms with van der Waals surface area (Å²) >= 11 is 15.2. The molecule has 0 atom stereocenters. The van der Waals surface area contributed by atoms with Crippen LogP contribution in [0.15, 0.2) is 39.9 Å². The lowest BCUT2D eigenvalue weighted by molar-refractivity contribution is -0.126. The lowest BCUT2D eigenvalue weighted by Crippen LogP contribution is -2.24. The van der Waals surface area contributed by atoms with Crippen LogP contribution in [0.3, 0.4) is 0 Å². The average Bonchev–Trinajstić information content (AvgIpc) is 2.69. The van der Waals surface area contributed by atoms with Crippen LogP contribution >= 0.6 is 39.1 Å². The first kappa shape index (κ1) is 24.0. The maximum Gasteiger partial charge on any atom is 0.249 e. The molecule has 2 aromatic carbocycles. The van der Waals surface area contributed by atoms with Crippen LogP contribution in [-0.4, -0.2) is 31.7 Å². The average molecular weight is 517 g/mol. The van der Waals surface area contributed by atoms with Crippen LogP contribution in [0, 0.1) is 0 Å². The van der Waals surface area contributed by atoms with Gasteiger partial charge in [0.2, 0.25) is 11.8 Å². The Kier molecular flexibility index (Phi) is 9.42. The van der Waals surface area contributed by atoms with Crippen molar-refractivity contribution in [3.63, 3.8) is 0 Å². The molecule has 0 spiro atoms. The number of carbonyl (C=O) groups excluding carboxylic acids is 2. The molecular weight excluding hydrogens is 497 g/mol. The van der Waals surface area contributed by atoms with Crippen LogP contribution in [-0.2, 0) is 9.59 Å². The van der Waals surface area contributed by atoms with Gasteiger partial charge in [0.25, 0.3) is 0 Å². The van der Waals surface area contributed by atoms with E-state index in [9.17, 15) is 9.59 Å². The zero-order valence-electron chi connectivity index (χ0n) is 16.3. The highest BCUT2D eigenvalue weighted by Crippen LogP contribution is 2.36. The summed E-state index contributed by atoms with van der Waals surface area (Å²) in [7, 11) is 1.54. The van der Waals surface area contributed by atoms with E-state index in [4.69, 9.17) is 32.7 Å². The predicted octanol–water partition coefficient (Wildman–Crippen LogP) is 5.03. The van der Waals surface area contributed by atoms with Gasteiger partial charge in [0.15, 0.2) is 11.5 Å². The second kappa shape index (κ2) is 11.8. The fraction of sp³-hybridized carbons (Fsp3) is 0.250. The molecule has 2 amide bonds. The second-order valence-electron chi connectivity index (χ2n) is 6.03. The van der Waals surface area contributed by atoms with Crippen molar-refractivity contribution in [1.82, 2.24) is 5.43 Å². The Labute approximate surface area is 192 Å². The van der Waals surface area contributed by atoms with Gasteiger partial charge in [-0.1, -0.05) is 30.1 Å². The van der Waals surface area contributed by atoms with Crippen molar-refractivity contribution >= 4 is 62.8 Å². The van der Waals surface area contributed by atoms with E-state index in [0.29, 0.717) is 43.9 Å². The molecule has 2 aromatic rings. The molecule has 0 bridgehead atoms. The summed E-state index contributed by atoms with van der Waals surface area (Å²) in [6, 6.07) is 8.13. The lowest BCUT2D eigenvalue weighted by atomic mass is 10.2. The van der Waals surface area contributed by atoms with Crippen molar-refractivity contribution in [3.05, 3.63) is 50.4 Å². The van der Waals surface area contributed by atoms with Crippen molar-refractivity contribution in [2.75, 3.05) is 19.0 Å². The van der Waals surface area contributed by atoms with Crippen LogP contribution in [0.2, 0.25) is 10.0 Å². The highest BCUT2D eigenvalue weighted by Gasteiger charge is 2.12. The first-order valence-corrected chi connectivity index (χ1v) is 10.5. The lowest BCUT2D eigenvalue weighted by Gasteiger charge is -2.12. The van der Waals surface area contributed by atoms with Gasteiger partial charge in [-0.3, -0.25) is 9.59 Å². The number of hydrazone groups is 1. The van der Waals surface area contributed by atoms with Crippen LogP contribution in [0.4, 0.5) is 5.69 Å². The molecule has 2 N–H and O–H groups in total. The maximum absolute atomic E-state index is 12.0. The molecule has 0 saturated heterocycles. The molecule has 0 fully saturated rings. The summed E-state index contributed by atoms with van der Waals surface area (Å²) in [5.74, 6) is 0.0479. The normalized spacial score (nSPS) is 10.7. The topological polar surface area (TPSA) is 89.0 Å². The minimum Gasteiger partial charge on any atom is -0.493 e. The van der Waals surface area contributed by atoms with Crippen molar-refractivity contribution < 1.29 is 19.1 Å². The number of anilines is 1. The zero-order valence-corrected chi connectivity index (χ0v) is 19.4. The van der Waals surface area contributed by atoms with Crippen molar-refractivity contribution in [1.29, 1.82) is 0 Å². The Balaban J connectivity index is 1.92. The minimum atomic E-state index is -0.572. The van der Waals surface area contributed by atoms with Crippen molar-refractivity contribution in [2.45, 2.75) is 19.8 Å². The predicted molar refractivity (Wildman–Crippen MR) is 122 cm³/mol. The molecule has 30 heavy (non-hydrogen) atoms. The van der Waals surface area contributed by atoms with Gasteiger partial charge in [0.05, 0.1) is 34.4 Å². The summed E-state index contributed by atoms with van der Waals surface area (Å²) in [4.78, 5) is 23.9. The Morgan fingerprint density at radius 1 is 1.17 bits per heavy atom. The highest BCUT2D eigenvalue weighted by atomic mass is 79.9. The number of methoxy groups -OCH3 is 1. The molecule has 0 aliphatic heterocycles. The molecule has 160 valence electrons. The fourth-order valence-electron chi connectivity index (χ4n) is 2.30. The SMILES string of the molecule is CCCOc1c(Br)cc(C=NNC(=O)CC(=O)Nc2ccc(Cl)c(Cl)c2)cc1OC. The largest absolute Gasteiger partial charge is 0.493 e. The van der Waals surface area contributed by atoms with Crippen molar-refractivity contribution in [2.24, 2.45) is 5.10 Å². The quantitative estimate of drug-likeness (QED) is 0.278. The number of halogens is 3. The summed E-state index contributed by atoms with van der Waals surface area (Å²) in [5.41, 5.74) is 3.42. The molecule has 0 aromatic heterocycles. The smallest absolute Gasteiger partial charge is 0.249 e. The minimum absolute atomic E-state index is 0.302. The van der Waals surface area contributed by atoms with E-state index in [1.54, 1.807) is 24.3 Å². The molecular formula is C20H20BrCl2N3O4. The van der Waals surface area contributed by atoms with Crippen molar-refractivity contribution in [3.8, 4) is 11.5 Å². The third-order valence-electron chi connectivity index (χ3n) is 3.63. The van der Waals surface area contributed by atoms with Gasteiger partial charge in [0.1, 0.15) is 6.42 Å². The van der Waals surface area contributed by atoms with Gasteiger partial charge in [-0.2, -0.15) is 5.10 Å². The Bertz CT molecular complexity index is 954. The van der Waals surface area contributed by atoms with Crippen LogP contribution in [0.25, 0.3) is 0 Å². The number of amides is 2. The van der Waals surface area contributed by atoms with Gasteiger partial charge in [0, 0.05) is 5.69 Å². The second-order valence-corrected chi connectivity index (χ2v) is 7.70. The first-order valence-electron chi connectivity index (χ1n) is 8.91. The Hall–Kier alpha value is -2.29. The van der Waals surface area contributed by atoms with E-state index in [1.807, 2.05) is 6.92 Å². The van der Waals surface area contributed by atoms with E-state index in [2.05, 4.69) is 31.8 Å². The molecule has 0 radical (unpaired) electrons. The van der Waals surface area contributed by atoms with E-state index in [-0.39, 0.29) is 0 Å². The van der Waals surface area contributed by atoms with E-state index >= 15 is 0 Å². The van der Waals surface area contributed by atoms with Gasteiger partial charge in [-0.25, -0.2) is 5.43 Å². The number of carbonyl (C=O) groups is 2. The van der Waals surface area contributed by atoms with Gasteiger partial charge < -0.3 is 14.8 Å². The van der Waals surface area contributed by atoms with Crippen LogP contribution < -0.4 is 20.2 Å². The summed E-state index contributed by atoms with van der Waals surface area (Å²) in [6.45, 7) is 2.57. The Morgan fingerprint density at radius 2 is 1.93 bits per heavy atom. The number of benzene rings is 2. The number of hydrogen-bond acceptors (Lipinski definition) is 5. The standard InChI is InChI=1S/C20H20BrCl2N3O4/c1-3-6-30-20-14(21)7-12(8-17(20)29-2)11-24-26-19(28)10-18(27)25-13-4-5-15(22)16(23)9-13/h4-5,7-9,11H,3,6,10H2,1-2H3,(H,25,27)(H,26,28). The number of nitrogens with zero attached hydrogens (tertiary/aromatic N) is 1. The number of rotatable bonds is 9. The number of nitrogens with one attached hydrogen (secondary N) is 2. The number of hydrogen-bond donors (Lipinski definition) is 2. The Morgan fingerprint density at radius 3 is 2.60 bits per heavy atom. The molecule has 0 aliphatic carbocycles. The van der Waals surface area contributed by atoms with Gasteiger partial charge in [-0.15, -0.1) is 0 Å². The van der Waals surface area contributed by atoms with E-state index in [1.165, 1.54) is 19.4 Å². The third-order valence-corrected chi connectivity index (χ3v) is 4.96.